The molecule has 2 aromatic rings. The van der Waals surface area contributed by atoms with Gasteiger partial charge >= 0.3 is 0 Å². The molecule has 1 aliphatic carbocycles. The minimum Gasteiger partial charge on any atom is -0.497 e. The molecule has 0 aromatic heterocycles. The van der Waals surface area contributed by atoms with Crippen LogP contribution in [0.25, 0.3) is 0 Å². The van der Waals surface area contributed by atoms with Crippen molar-refractivity contribution in [3.05, 3.63) is 64.7 Å². The molecule has 0 N–H and O–H groups in total. The first kappa shape index (κ1) is 14.0. The fourth-order valence-corrected chi connectivity index (χ4v) is 4.11. The minimum absolute atomic E-state index is 0.297. The molecule has 1 nitrogen and oxygen atoms in total. The molecule has 3 heteroatoms. The van der Waals surface area contributed by atoms with E-state index in [1.54, 1.807) is 7.11 Å². The van der Waals surface area contributed by atoms with E-state index in [2.05, 4.69) is 52.3 Å². The summed E-state index contributed by atoms with van der Waals surface area (Å²) >= 11 is 10.2. The largest absolute Gasteiger partial charge is 0.497 e. The van der Waals surface area contributed by atoms with E-state index in [1.165, 1.54) is 12.0 Å². The number of hydrogen-bond acceptors (Lipinski definition) is 1. The van der Waals surface area contributed by atoms with E-state index < -0.39 is 0 Å². The number of alkyl halides is 1. The predicted molar refractivity (Wildman–Crippen MR) is 87.0 cm³/mol. The summed E-state index contributed by atoms with van der Waals surface area (Å²) in [7, 11) is 1.66. The van der Waals surface area contributed by atoms with Crippen molar-refractivity contribution in [1.82, 2.24) is 0 Å². The molecular formula is C17H16BrClO. The summed E-state index contributed by atoms with van der Waals surface area (Å²) in [5, 5.41) is 0.768. The predicted octanol–water partition coefficient (Wildman–Crippen LogP) is 5.59. The van der Waals surface area contributed by atoms with E-state index in [4.69, 9.17) is 16.3 Å². The van der Waals surface area contributed by atoms with Crippen LogP contribution in [0.15, 0.2) is 48.5 Å². The molecule has 20 heavy (non-hydrogen) atoms. The van der Waals surface area contributed by atoms with Crippen molar-refractivity contribution in [3.8, 4) is 5.75 Å². The van der Waals surface area contributed by atoms with Gasteiger partial charge in [-0.05, 0) is 41.5 Å². The number of hydrogen-bond donors (Lipinski definition) is 0. The Labute approximate surface area is 133 Å². The molecule has 0 amide bonds. The lowest BCUT2D eigenvalue weighted by molar-refractivity contribution is 0.414. The van der Waals surface area contributed by atoms with Crippen molar-refractivity contribution in [1.29, 1.82) is 0 Å². The third kappa shape index (κ3) is 2.72. The van der Waals surface area contributed by atoms with E-state index in [0.717, 1.165) is 16.3 Å². The Morgan fingerprint density at radius 3 is 2.60 bits per heavy atom. The monoisotopic (exact) mass is 350 g/mol. The molecule has 3 atom stereocenters. The van der Waals surface area contributed by atoms with E-state index in [1.807, 2.05) is 12.1 Å². The first-order valence-electron chi connectivity index (χ1n) is 6.73. The normalized spacial score (nSPS) is 22.4. The molecule has 0 heterocycles. The second-order valence-electron chi connectivity index (χ2n) is 5.21. The molecule has 1 saturated carbocycles. The zero-order chi connectivity index (χ0) is 14.1. The molecule has 0 aliphatic heterocycles. The van der Waals surface area contributed by atoms with Crippen LogP contribution in [0.4, 0.5) is 0 Å². The molecule has 0 radical (unpaired) electrons. The summed E-state index contributed by atoms with van der Waals surface area (Å²) in [5.74, 6) is 2.05. The highest BCUT2D eigenvalue weighted by atomic mass is 79.9. The fourth-order valence-electron chi connectivity index (χ4n) is 2.71. The van der Waals surface area contributed by atoms with Crippen molar-refractivity contribution in [2.75, 3.05) is 7.11 Å². The lowest BCUT2D eigenvalue weighted by Crippen LogP contribution is -1.96. The van der Waals surface area contributed by atoms with Crippen LogP contribution in [0.1, 0.15) is 28.3 Å². The van der Waals surface area contributed by atoms with Crippen LogP contribution in [0.5, 0.6) is 5.75 Å². The van der Waals surface area contributed by atoms with Crippen molar-refractivity contribution >= 4 is 27.5 Å². The maximum Gasteiger partial charge on any atom is 0.120 e. The summed E-state index contributed by atoms with van der Waals surface area (Å²) in [6.07, 6.45) is 1.21. The Morgan fingerprint density at radius 2 is 1.95 bits per heavy atom. The fraction of sp³-hybridized carbons (Fsp3) is 0.294. The summed E-state index contributed by atoms with van der Waals surface area (Å²) in [6.45, 7) is 0. The van der Waals surface area contributed by atoms with Crippen molar-refractivity contribution in [2.24, 2.45) is 5.92 Å². The molecule has 3 rings (SSSR count). The molecule has 0 saturated heterocycles. The van der Waals surface area contributed by atoms with Crippen LogP contribution in [0.3, 0.4) is 0 Å². The number of methoxy groups -OCH3 is 1. The smallest absolute Gasteiger partial charge is 0.120 e. The Hall–Kier alpha value is -0.990. The highest BCUT2D eigenvalue weighted by Gasteiger charge is 2.43. The maximum absolute atomic E-state index is 6.36. The Kier molecular flexibility index (Phi) is 4.04. The number of halogens is 2. The van der Waals surface area contributed by atoms with Gasteiger partial charge in [0, 0.05) is 9.85 Å². The Bertz CT molecular complexity index is 599. The lowest BCUT2D eigenvalue weighted by Gasteiger charge is -2.13. The van der Waals surface area contributed by atoms with E-state index in [-0.39, 0.29) is 0 Å². The Balaban J connectivity index is 1.76. The van der Waals surface area contributed by atoms with Gasteiger partial charge in [0.05, 0.1) is 7.11 Å². The maximum atomic E-state index is 6.36. The number of ether oxygens (including phenoxy) is 1. The van der Waals surface area contributed by atoms with Crippen LogP contribution >= 0.6 is 27.5 Å². The van der Waals surface area contributed by atoms with Gasteiger partial charge in [0.2, 0.25) is 0 Å². The van der Waals surface area contributed by atoms with Gasteiger partial charge in [-0.3, -0.25) is 0 Å². The van der Waals surface area contributed by atoms with E-state index in [0.29, 0.717) is 16.7 Å². The minimum atomic E-state index is 0.297. The first-order chi connectivity index (χ1) is 9.70. The summed E-state index contributed by atoms with van der Waals surface area (Å²) < 4.78 is 5.20. The third-order valence-corrected chi connectivity index (χ3v) is 5.45. The van der Waals surface area contributed by atoms with Crippen LogP contribution in [-0.4, -0.2) is 7.11 Å². The second kappa shape index (κ2) is 5.79. The Morgan fingerprint density at radius 1 is 1.20 bits per heavy atom. The van der Waals surface area contributed by atoms with Gasteiger partial charge < -0.3 is 4.74 Å². The van der Waals surface area contributed by atoms with Crippen LogP contribution < -0.4 is 4.74 Å². The second-order valence-corrected chi connectivity index (χ2v) is 6.60. The summed E-state index contributed by atoms with van der Waals surface area (Å²) in [4.78, 5) is 0.297. The van der Waals surface area contributed by atoms with Gasteiger partial charge in [0.1, 0.15) is 5.75 Å². The van der Waals surface area contributed by atoms with Gasteiger partial charge in [0.25, 0.3) is 0 Å². The standard InChI is InChI=1S/C17H16BrClO/c1-20-12-7-8-13(16(19)9-12)17(18)15-10-14(15)11-5-3-2-4-6-11/h2-9,14-15,17H,10H2,1H3. The van der Waals surface area contributed by atoms with E-state index in [9.17, 15) is 0 Å². The van der Waals surface area contributed by atoms with Crippen molar-refractivity contribution in [3.63, 3.8) is 0 Å². The lowest BCUT2D eigenvalue weighted by atomic mass is 10.0. The topological polar surface area (TPSA) is 9.23 Å². The highest BCUT2D eigenvalue weighted by Crippen LogP contribution is 2.58. The van der Waals surface area contributed by atoms with Crippen molar-refractivity contribution < 1.29 is 4.74 Å². The quantitative estimate of drug-likeness (QED) is 0.653. The van der Waals surface area contributed by atoms with Gasteiger partial charge in [-0.25, -0.2) is 0 Å². The number of rotatable bonds is 4. The molecular weight excluding hydrogens is 336 g/mol. The first-order valence-corrected chi connectivity index (χ1v) is 8.02. The summed E-state index contributed by atoms with van der Waals surface area (Å²) in [5.41, 5.74) is 2.57. The molecule has 3 unspecified atom stereocenters. The summed E-state index contributed by atoms with van der Waals surface area (Å²) in [6, 6.07) is 16.6. The average molecular weight is 352 g/mol. The van der Waals surface area contributed by atoms with Crippen LogP contribution in [0, 0.1) is 5.92 Å². The van der Waals surface area contributed by atoms with E-state index >= 15 is 0 Å². The van der Waals surface area contributed by atoms with Gasteiger partial charge in [-0.15, -0.1) is 0 Å². The average Bonchev–Trinajstić information content (AvgIpc) is 3.28. The molecule has 2 aromatic carbocycles. The highest BCUT2D eigenvalue weighted by molar-refractivity contribution is 9.09. The third-order valence-electron chi connectivity index (χ3n) is 3.95. The molecule has 0 bridgehead atoms. The van der Waals surface area contributed by atoms with Crippen molar-refractivity contribution in [2.45, 2.75) is 17.2 Å². The van der Waals surface area contributed by atoms with Gasteiger partial charge in [-0.1, -0.05) is 63.9 Å². The zero-order valence-electron chi connectivity index (χ0n) is 11.2. The molecule has 104 valence electrons. The van der Waals surface area contributed by atoms with Crippen LogP contribution in [0.2, 0.25) is 5.02 Å². The van der Waals surface area contributed by atoms with Crippen LogP contribution in [-0.2, 0) is 0 Å². The molecule has 0 spiro atoms. The molecule has 1 fully saturated rings. The SMILES string of the molecule is COc1ccc(C(Br)C2CC2c2ccccc2)c(Cl)c1. The van der Waals surface area contributed by atoms with Gasteiger partial charge in [0.15, 0.2) is 0 Å². The van der Waals surface area contributed by atoms with Gasteiger partial charge in [-0.2, -0.15) is 0 Å². The zero-order valence-corrected chi connectivity index (χ0v) is 13.6. The molecule has 1 aliphatic rings. The number of benzene rings is 2.